The number of aromatic nitrogens is 2. The molecule has 0 unspecified atom stereocenters. The van der Waals surface area contributed by atoms with E-state index in [1.807, 2.05) is 0 Å². The fourth-order valence-electron chi connectivity index (χ4n) is 3.88. The van der Waals surface area contributed by atoms with Crippen LogP contribution in [0, 0.1) is 0 Å². The summed E-state index contributed by atoms with van der Waals surface area (Å²) >= 11 is 0. The van der Waals surface area contributed by atoms with Crippen LogP contribution in [-0.4, -0.2) is 4.98 Å². The van der Waals surface area contributed by atoms with Gasteiger partial charge in [0.1, 0.15) is 0 Å². The van der Waals surface area contributed by atoms with E-state index in [9.17, 15) is 0 Å². The highest BCUT2D eigenvalue weighted by Crippen LogP contribution is 2.26. The van der Waals surface area contributed by atoms with Crippen LogP contribution in [0.1, 0.15) is 17.2 Å². The first kappa shape index (κ1) is 16.5. The average molecular weight is 361 g/mol. The molecule has 0 saturated heterocycles. The summed E-state index contributed by atoms with van der Waals surface area (Å²) in [7, 11) is 0. The molecule has 1 atom stereocenters. The third-order valence-corrected chi connectivity index (χ3v) is 5.27. The fourth-order valence-corrected chi connectivity index (χ4v) is 3.88. The molecule has 0 saturated carbocycles. The molecule has 4 aromatic carbocycles. The van der Waals surface area contributed by atoms with E-state index in [-0.39, 0.29) is 6.04 Å². The van der Waals surface area contributed by atoms with E-state index < -0.39 is 0 Å². The number of aromatic amines is 1. The summed E-state index contributed by atoms with van der Waals surface area (Å²) in [6.07, 6.45) is 2.08. The van der Waals surface area contributed by atoms with E-state index in [1.165, 1.54) is 27.8 Å². The SMILES string of the molecule is c1ccc(-c2ccc([C@H](c3ccccc3)[n+]3c[nH]c4ccccc43)cc2)cc1. The number of H-pyrrole nitrogens is 1. The zero-order chi connectivity index (χ0) is 18.8. The lowest BCUT2D eigenvalue weighted by molar-refractivity contribution is -0.679. The Balaban J connectivity index is 1.63. The fraction of sp³-hybridized carbons (Fsp3) is 0.0385. The van der Waals surface area contributed by atoms with Crippen molar-refractivity contribution in [2.75, 3.05) is 0 Å². The van der Waals surface area contributed by atoms with Crippen molar-refractivity contribution < 1.29 is 4.57 Å². The molecule has 0 aliphatic heterocycles. The molecule has 0 fully saturated rings. The molecule has 1 heterocycles. The van der Waals surface area contributed by atoms with Gasteiger partial charge in [-0.25, -0.2) is 9.55 Å². The van der Waals surface area contributed by atoms with Crippen molar-refractivity contribution in [2.45, 2.75) is 6.04 Å². The number of nitrogens with zero attached hydrogens (tertiary/aromatic N) is 1. The lowest BCUT2D eigenvalue weighted by atomic mass is 9.96. The lowest BCUT2D eigenvalue weighted by Gasteiger charge is -2.16. The van der Waals surface area contributed by atoms with Crippen molar-refractivity contribution in [1.82, 2.24) is 4.98 Å². The van der Waals surface area contributed by atoms with Crippen LogP contribution in [0.15, 0.2) is 116 Å². The van der Waals surface area contributed by atoms with E-state index in [2.05, 4.69) is 125 Å². The molecule has 1 N–H and O–H groups in total. The van der Waals surface area contributed by atoms with E-state index in [4.69, 9.17) is 0 Å². The molecule has 0 amide bonds. The van der Waals surface area contributed by atoms with E-state index in [1.54, 1.807) is 0 Å². The van der Waals surface area contributed by atoms with Gasteiger partial charge in [-0.3, -0.25) is 0 Å². The molecule has 134 valence electrons. The second kappa shape index (κ2) is 7.16. The third kappa shape index (κ3) is 2.99. The maximum absolute atomic E-state index is 3.41. The zero-order valence-electron chi connectivity index (χ0n) is 15.5. The predicted octanol–water partition coefficient (Wildman–Crippen LogP) is 5.76. The number of hydrogen-bond acceptors (Lipinski definition) is 0. The highest BCUT2D eigenvalue weighted by atomic mass is 15.1. The number of benzene rings is 4. The van der Waals surface area contributed by atoms with Gasteiger partial charge < -0.3 is 0 Å². The molecule has 28 heavy (non-hydrogen) atoms. The first-order valence-corrected chi connectivity index (χ1v) is 9.58. The van der Waals surface area contributed by atoms with Crippen LogP contribution in [-0.2, 0) is 0 Å². The predicted molar refractivity (Wildman–Crippen MR) is 114 cm³/mol. The van der Waals surface area contributed by atoms with Gasteiger partial charge in [0.2, 0.25) is 6.33 Å². The van der Waals surface area contributed by atoms with Crippen molar-refractivity contribution in [1.29, 1.82) is 0 Å². The molecule has 5 aromatic rings. The van der Waals surface area contributed by atoms with Crippen molar-refractivity contribution in [2.24, 2.45) is 0 Å². The van der Waals surface area contributed by atoms with Gasteiger partial charge in [-0.05, 0) is 23.3 Å². The molecule has 0 aliphatic rings. The minimum absolute atomic E-state index is 0.113. The molecule has 0 aliphatic carbocycles. The van der Waals surface area contributed by atoms with E-state index in [0.29, 0.717) is 0 Å². The largest absolute Gasteiger partial charge is 0.243 e. The number of rotatable bonds is 4. The number of para-hydroxylation sites is 2. The Morgan fingerprint density at radius 1 is 0.536 bits per heavy atom. The summed E-state index contributed by atoms with van der Waals surface area (Å²) in [4.78, 5) is 3.41. The second-order valence-corrected chi connectivity index (χ2v) is 7.00. The van der Waals surface area contributed by atoms with Crippen LogP contribution in [0.5, 0.6) is 0 Å². The highest BCUT2D eigenvalue weighted by molar-refractivity contribution is 5.70. The molecular formula is C26H21N2+. The molecule has 2 heteroatoms. The molecule has 2 nitrogen and oxygen atoms in total. The lowest BCUT2D eigenvalue weighted by Crippen LogP contribution is -2.39. The molecule has 5 rings (SSSR count). The summed E-state index contributed by atoms with van der Waals surface area (Å²) in [6.45, 7) is 0. The number of fused-ring (bicyclic) bond motifs is 1. The first-order chi connectivity index (χ1) is 13.9. The quantitative estimate of drug-likeness (QED) is 0.393. The summed E-state index contributed by atoms with van der Waals surface area (Å²) in [6, 6.07) is 38.7. The summed E-state index contributed by atoms with van der Waals surface area (Å²) in [5.41, 5.74) is 7.35. The molecule has 0 spiro atoms. The Hall–Kier alpha value is -3.65. The Kier molecular flexibility index (Phi) is 4.23. The first-order valence-electron chi connectivity index (χ1n) is 9.58. The minimum atomic E-state index is 0.113. The summed E-state index contributed by atoms with van der Waals surface area (Å²) < 4.78 is 2.32. The Morgan fingerprint density at radius 3 is 1.86 bits per heavy atom. The smallest absolute Gasteiger partial charge is 0.243 e. The highest BCUT2D eigenvalue weighted by Gasteiger charge is 2.23. The van der Waals surface area contributed by atoms with Gasteiger partial charge in [0.05, 0.1) is 0 Å². The van der Waals surface area contributed by atoms with Crippen molar-refractivity contribution >= 4 is 11.0 Å². The number of hydrogen-bond donors (Lipinski definition) is 1. The zero-order valence-corrected chi connectivity index (χ0v) is 15.5. The minimum Gasteiger partial charge on any atom is -0.243 e. The molecule has 1 aromatic heterocycles. The monoisotopic (exact) mass is 361 g/mol. The number of nitrogens with one attached hydrogen (secondary N) is 1. The summed E-state index contributed by atoms with van der Waals surface area (Å²) in [5.74, 6) is 0. The third-order valence-electron chi connectivity index (χ3n) is 5.27. The van der Waals surface area contributed by atoms with Crippen LogP contribution >= 0.6 is 0 Å². The van der Waals surface area contributed by atoms with Gasteiger partial charge in [-0.2, -0.15) is 0 Å². The van der Waals surface area contributed by atoms with Crippen LogP contribution in [0.4, 0.5) is 0 Å². The maximum atomic E-state index is 3.41. The van der Waals surface area contributed by atoms with Crippen molar-refractivity contribution in [3.8, 4) is 11.1 Å². The molecule has 0 bridgehead atoms. The van der Waals surface area contributed by atoms with Gasteiger partial charge in [0.25, 0.3) is 0 Å². The van der Waals surface area contributed by atoms with E-state index >= 15 is 0 Å². The average Bonchev–Trinajstić information content (AvgIpc) is 3.20. The number of imidazole rings is 1. The topological polar surface area (TPSA) is 19.7 Å². The molecule has 0 radical (unpaired) electrons. The normalized spacial score (nSPS) is 12.1. The van der Waals surface area contributed by atoms with Crippen LogP contribution in [0.3, 0.4) is 0 Å². The maximum Gasteiger partial charge on any atom is 0.243 e. The molecular weight excluding hydrogens is 340 g/mol. The Labute approximate surface area is 164 Å². The van der Waals surface area contributed by atoms with Gasteiger partial charge in [0, 0.05) is 11.1 Å². The van der Waals surface area contributed by atoms with Gasteiger partial charge in [-0.15, -0.1) is 0 Å². The van der Waals surface area contributed by atoms with E-state index in [0.717, 1.165) is 5.52 Å². The van der Waals surface area contributed by atoms with Gasteiger partial charge in [0.15, 0.2) is 17.1 Å². The van der Waals surface area contributed by atoms with Crippen LogP contribution < -0.4 is 4.57 Å². The Bertz CT molecular complexity index is 1190. The van der Waals surface area contributed by atoms with Crippen molar-refractivity contribution in [3.63, 3.8) is 0 Å². The summed E-state index contributed by atoms with van der Waals surface area (Å²) in [5, 5.41) is 0. The van der Waals surface area contributed by atoms with Gasteiger partial charge >= 0.3 is 0 Å². The standard InChI is InChI=1S/C26H20N2/c1-3-9-20(10-4-1)21-15-17-23(18-16-21)26(22-11-5-2-6-12-22)28-19-27-24-13-7-8-14-25(24)28/h1-19,26H/p+1/t26-/m0/s1. The second-order valence-electron chi connectivity index (χ2n) is 7.00. The van der Waals surface area contributed by atoms with Gasteiger partial charge in [-0.1, -0.05) is 97.1 Å². The van der Waals surface area contributed by atoms with Crippen molar-refractivity contribution in [3.05, 3.63) is 127 Å². The van der Waals surface area contributed by atoms with Crippen LogP contribution in [0.2, 0.25) is 0 Å². The van der Waals surface area contributed by atoms with Crippen LogP contribution in [0.25, 0.3) is 22.2 Å². The Morgan fingerprint density at radius 2 is 1.11 bits per heavy atom.